The third-order valence-electron chi connectivity index (χ3n) is 7.48. The van der Waals surface area contributed by atoms with E-state index in [1.165, 1.54) is 0 Å². The molecule has 4 rings (SSSR count). The van der Waals surface area contributed by atoms with E-state index in [1.807, 2.05) is 45.9 Å². The van der Waals surface area contributed by atoms with E-state index in [2.05, 4.69) is 9.71 Å². The summed E-state index contributed by atoms with van der Waals surface area (Å²) in [6.07, 6.45) is -1.54. The molecule has 1 amide bonds. The van der Waals surface area contributed by atoms with Crippen LogP contribution in [-0.2, 0) is 22.6 Å². The van der Waals surface area contributed by atoms with Crippen LogP contribution in [0.15, 0.2) is 71.8 Å². The first-order chi connectivity index (χ1) is 19.2. The molecule has 11 heteroatoms. The predicted molar refractivity (Wildman–Crippen MR) is 149 cm³/mol. The molecule has 2 heterocycles. The lowest BCUT2D eigenvalue weighted by molar-refractivity contribution is -0.137. The molecule has 0 saturated carbocycles. The summed E-state index contributed by atoms with van der Waals surface area (Å²) >= 11 is 0. The average molecular weight is 590 g/mol. The number of hydrogen-bond acceptors (Lipinski definition) is 5. The fourth-order valence-corrected chi connectivity index (χ4v) is 6.15. The second kappa shape index (κ2) is 11.8. The molecular weight excluding hydrogens is 555 g/mol. The van der Waals surface area contributed by atoms with Crippen LogP contribution in [0.25, 0.3) is 0 Å². The van der Waals surface area contributed by atoms with Crippen LogP contribution in [0.3, 0.4) is 0 Å². The number of nitrogens with one attached hydrogen (secondary N) is 1. The summed E-state index contributed by atoms with van der Waals surface area (Å²) in [5.74, 6) is -0.159. The summed E-state index contributed by atoms with van der Waals surface area (Å²) in [6.45, 7) is 8.47. The molecule has 1 N–H and O–H groups in total. The van der Waals surface area contributed by atoms with E-state index >= 15 is 0 Å². The van der Waals surface area contributed by atoms with E-state index < -0.39 is 33.4 Å². The standard InChI is InChI=1S/C30H34F3N3O4S/c1-5-17-36(18-15-23-8-6-7-16-34-23)28(37)21-9-14-26-25(19-21)27(20(2)29(3,4)40-26)35-41(38,39)24-12-10-22(11-13-24)30(31,32)33/h6-14,16,19-20,27,35H,5,15,17-18H2,1-4H3/t20-,27?/m0/s1. The highest BCUT2D eigenvalue weighted by molar-refractivity contribution is 7.89. The molecule has 1 unspecified atom stereocenters. The SMILES string of the molecule is CCCN(CCc1ccccn1)C(=O)c1ccc2c(c1)C(NS(=O)(=O)c1ccc(C(F)(F)F)cc1)[C@H](C)C(C)(C)O2. The molecule has 0 fully saturated rings. The lowest BCUT2D eigenvalue weighted by atomic mass is 9.80. The van der Waals surface area contributed by atoms with Gasteiger partial charge in [-0.1, -0.05) is 19.9 Å². The van der Waals surface area contributed by atoms with Crippen LogP contribution < -0.4 is 9.46 Å². The highest BCUT2D eigenvalue weighted by Crippen LogP contribution is 2.44. The Morgan fingerprint density at radius 2 is 1.78 bits per heavy atom. The molecule has 0 aliphatic carbocycles. The van der Waals surface area contributed by atoms with Crippen molar-refractivity contribution in [3.8, 4) is 5.75 Å². The number of amides is 1. The Hall–Kier alpha value is -3.44. The number of benzene rings is 2. The van der Waals surface area contributed by atoms with Crippen LogP contribution in [0.5, 0.6) is 5.75 Å². The van der Waals surface area contributed by atoms with Crippen LogP contribution in [-0.4, -0.2) is 42.9 Å². The Morgan fingerprint density at radius 1 is 1.07 bits per heavy atom. The molecule has 1 aromatic heterocycles. The van der Waals surface area contributed by atoms with Crippen molar-refractivity contribution < 1.29 is 31.1 Å². The smallest absolute Gasteiger partial charge is 0.416 e. The van der Waals surface area contributed by atoms with Gasteiger partial charge in [0, 0.05) is 48.4 Å². The molecule has 0 spiro atoms. The molecule has 7 nitrogen and oxygen atoms in total. The molecule has 41 heavy (non-hydrogen) atoms. The Morgan fingerprint density at radius 3 is 2.39 bits per heavy atom. The van der Waals surface area contributed by atoms with Crippen molar-refractivity contribution >= 4 is 15.9 Å². The number of carbonyl (C=O) groups is 1. The molecule has 0 saturated heterocycles. The monoisotopic (exact) mass is 589 g/mol. The fraction of sp³-hybridized carbons (Fsp3) is 0.400. The highest BCUT2D eigenvalue weighted by Gasteiger charge is 2.43. The summed E-state index contributed by atoms with van der Waals surface area (Å²) in [4.78, 5) is 19.4. The van der Waals surface area contributed by atoms with Crippen molar-refractivity contribution in [3.63, 3.8) is 0 Å². The van der Waals surface area contributed by atoms with Crippen molar-refractivity contribution in [2.45, 2.75) is 63.3 Å². The van der Waals surface area contributed by atoms with Crippen LogP contribution in [0.2, 0.25) is 0 Å². The minimum absolute atomic E-state index is 0.201. The van der Waals surface area contributed by atoms with Gasteiger partial charge in [-0.3, -0.25) is 9.78 Å². The summed E-state index contributed by atoms with van der Waals surface area (Å²) < 4.78 is 74.6. The number of alkyl halides is 3. The predicted octanol–water partition coefficient (Wildman–Crippen LogP) is 6.02. The van der Waals surface area contributed by atoms with Gasteiger partial charge in [-0.15, -0.1) is 0 Å². The van der Waals surface area contributed by atoms with Crippen LogP contribution in [0.1, 0.15) is 67.3 Å². The van der Waals surface area contributed by atoms with Crippen LogP contribution in [0.4, 0.5) is 13.2 Å². The van der Waals surface area contributed by atoms with E-state index in [-0.39, 0.29) is 16.7 Å². The minimum atomic E-state index is -4.58. The number of rotatable bonds is 9. The van der Waals surface area contributed by atoms with Crippen molar-refractivity contribution in [1.29, 1.82) is 0 Å². The van der Waals surface area contributed by atoms with Crippen LogP contribution >= 0.6 is 0 Å². The first-order valence-corrected chi connectivity index (χ1v) is 14.9. The number of aromatic nitrogens is 1. The summed E-state index contributed by atoms with van der Waals surface area (Å²) in [5, 5.41) is 0. The average Bonchev–Trinajstić information content (AvgIpc) is 2.93. The van der Waals surface area contributed by atoms with Gasteiger partial charge in [-0.05, 0) is 74.9 Å². The molecule has 1 aliphatic heterocycles. The summed E-state index contributed by atoms with van der Waals surface area (Å²) in [6, 6.07) is 13.2. The van der Waals surface area contributed by atoms with Gasteiger partial charge in [0.25, 0.3) is 5.91 Å². The quantitative estimate of drug-likeness (QED) is 0.330. The van der Waals surface area contributed by atoms with Gasteiger partial charge in [0.1, 0.15) is 11.4 Å². The zero-order valence-corrected chi connectivity index (χ0v) is 24.2. The highest BCUT2D eigenvalue weighted by atomic mass is 32.2. The van der Waals surface area contributed by atoms with Crippen molar-refractivity contribution in [1.82, 2.24) is 14.6 Å². The zero-order chi connectivity index (χ0) is 30.0. The van der Waals surface area contributed by atoms with Crippen molar-refractivity contribution in [2.75, 3.05) is 13.1 Å². The molecule has 220 valence electrons. The van der Waals surface area contributed by atoms with Crippen molar-refractivity contribution in [3.05, 3.63) is 89.2 Å². The Balaban J connectivity index is 1.64. The van der Waals surface area contributed by atoms with E-state index in [1.54, 1.807) is 29.3 Å². The van der Waals surface area contributed by atoms with Gasteiger partial charge < -0.3 is 9.64 Å². The minimum Gasteiger partial charge on any atom is -0.487 e. The van der Waals surface area contributed by atoms with Gasteiger partial charge in [0.2, 0.25) is 10.0 Å². The molecule has 1 aliphatic rings. The Bertz CT molecular complexity index is 1480. The third kappa shape index (κ3) is 6.90. The van der Waals surface area contributed by atoms with Gasteiger partial charge in [0.05, 0.1) is 16.5 Å². The zero-order valence-electron chi connectivity index (χ0n) is 23.4. The topological polar surface area (TPSA) is 88.6 Å². The van der Waals surface area contributed by atoms with E-state index in [9.17, 15) is 26.4 Å². The second-order valence-corrected chi connectivity index (χ2v) is 12.4. The maximum Gasteiger partial charge on any atom is 0.416 e. The number of carbonyl (C=O) groups excluding carboxylic acids is 1. The van der Waals surface area contributed by atoms with Crippen molar-refractivity contribution in [2.24, 2.45) is 5.92 Å². The van der Waals surface area contributed by atoms with E-state index in [0.29, 0.717) is 36.4 Å². The molecular formula is C30H34F3N3O4S. The number of hydrogen-bond donors (Lipinski definition) is 1. The maximum absolute atomic E-state index is 13.6. The maximum atomic E-state index is 13.6. The number of halogens is 3. The number of sulfonamides is 1. The van der Waals surface area contributed by atoms with Gasteiger partial charge >= 0.3 is 6.18 Å². The Kier molecular flexibility index (Phi) is 8.79. The molecule has 0 bridgehead atoms. The molecule has 2 atom stereocenters. The molecule has 3 aromatic rings. The first-order valence-electron chi connectivity index (χ1n) is 13.4. The molecule has 2 aromatic carbocycles. The van der Waals surface area contributed by atoms with E-state index in [0.717, 1.165) is 36.4 Å². The summed E-state index contributed by atoms with van der Waals surface area (Å²) in [5.41, 5.74) is 0.0222. The number of ether oxygens (including phenoxy) is 1. The second-order valence-electron chi connectivity index (χ2n) is 10.7. The first kappa shape index (κ1) is 30.5. The van der Waals surface area contributed by atoms with E-state index in [4.69, 9.17) is 4.74 Å². The largest absolute Gasteiger partial charge is 0.487 e. The normalized spacial score (nSPS) is 18.3. The van der Waals surface area contributed by atoms with Gasteiger partial charge in [0.15, 0.2) is 0 Å². The van der Waals surface area contributed by atoms with Gasteiger partial charge in [-0.2, -0.15) is 13.2 Å². The fourth-order valence-electron chi connectivity index (χ4n) is 4.85. The lowest BCUT2D eigenvalue weighted by Crippen LogP contribution is -2.48. The lowest BCUT2D eigenvalue weighted by Gasteiger charge is -2.43. The number of pyridine rings is 1. The van der Waals surface area contributed by atoms with Crippen LogP contribution in [0, 0.1) is 5.92 Å². The Labute approximate surface area is 238 Å². The third-order valence-corrected chi connectivity index (χ3v) is 8.94. The van der Waals surface area contributed by atoms with Gasteiger partial charge in [-0.25, -0.2) is 13.1 Å². The summed E-state index contributed by atoms with van der Waals surface area (Å²) in [7, 11) is -4.22. The number of nitrogens with zero attached hydrogens (tertiary/aromatic N) is 2. The number of fused-ring (bicyclic) bond motifs is 1. The molecule has 0 radical (unpaired) electrons.